The van der Waals surface area contributed by atoms with Gasteiger partial charge in [-0.1, -0.05) is 49.7 Å². The van der Waals surface area contributed by atoms with E-state index in [1.165, 1.54) is 4.90 Å². The Labute approximate surface area is 208 Å². The lowest BCUT2D eigenvalue weighted by molar-refractivity contribution is -0.140. The molecule has 1 atom stereocenters. The Morgan fingerprint density at radius 3 is 2.29 bits per heavy atom. The summed E-state index contributed by atoms with van der Waals surface area (Å²) in [4.78, 5) is 28.0. The van der Waals surface area contributed by atoms with E-state index in [0.29, 0.717) is 29.2 Å². The third-order valence-electron chi connectivity index (χ3n) is 5.69. The number of hydrogen-bond donors (Lipinski definition) is 1. The number of nitrogens with zero attached hydrogens (tertiary/aromatic N) is 2. The van der Waals surface area contributed by atoms with Crippen molar-refractivity contribution in [1.29, 1.82) is 0 Å². The van der Waals surface area contributed by atoms with Gasteiger partial charge in [-0.2, -0.15) is 0 Å². The van der Waals surface area contributed by atoms with Crippen LogP contribution in [0.15, 0.2) is 42.5 Å². The van der Waals surface area contributed by atoms with E-state index in [-0.39, 0.29) is 12.5 Å². The maximum absolute atomic E-state index is 13.6. The normalized spacial score (nSPS) is 12.2. The first-order valence-corrected chi connectivity index (χ1v) is 13.6. The Morgan fingerprint density at radius 2 is 1.74 bits per heavy atom. The molecule has 0 fully saturated rings. The molecule has 0 aliphatic heterocycles. The molecule has 2 aromatic rings. The Balaban J connectivity index is 2.46. The first-order valence-electron chi connectivity index (χ1n) is 11.3. The van der Waals surface area contributed by atoms with Gasteiger partial charge in [0, 0.05) is 18.1 Å². The summed E-state index contributed by atoms with van der Waals surface area (Å²) >= 11 is 6.35. The van der Waals surface area contributed by atoms with E-state index in [1.54, 1.807) is 36.4 Å². The van der Waals surface area contributed by atoms with Crippen molar-refractivity contribution in [2.75, 3.05) is 23.7 Å². The monoisotopic (exact) mass is 507 g/mol. The van der Waals surface area contributed by atoms with E-state index >= 15 is 0 Å². The van der Waals surface area contributed by atoms with Gasteiger partial charge >= 0.3 is 0 Å². The van der Waals surface area contributed by atoms with Gasteiger partial charge in [-0.15, -0.1) is 0 Å². The SMILES string of the molecule is CCCNC(=O)[C@@H](CC)N(Cc1ccccc1Cl)C(=O)CN(c1ccc(C)c(C)c1)S(C)(=O)=O. The summed E-state index contributed by atoms with van der Waals surface area (Å²) in [6.07, 6.45) is 2.20. The highest BCUT2D eigenvalue weighted by molar-refractivity contribution is 7.92. The van der Waals surface area contributed by atoms with Crippen molar-refractivity contribution in [2.45, 2.75) is 53.1 Å². The van der Waals surface area contributed by atoms with Gasteiger partial charge < -0.3 is 10.2 Å². The molecular formula is C25H34ClN3O4S. The van der Waals surface area contributed by atoms with Crippen LogP contribution in [0, 0.1) is 13.8 Å². The standard InChI is InChI=1S/C25H34ClN3O4S/c1-6-14-27-25(31)23(7-2)28(16-20-10-8-9-11-22(20)26)24(30)17-29(34(5,32)33)21-13-12-18(3)19(4)15-21/h8-13,15,23H,6-7,14,16-17H2,1-5H3,(H,27,31)/t23-/m1/s1. The average molecular weight is 508 g/mol. The van der Waals surface area contributed by atoms with E-state index in [4.69, 9.17) is 11.6 Å². The molecule has 0 aliphatic rings. The van der Waals surface area contributed by atoms with Gasteiger partial charge in [0.05, 0.1) is 11.9 Å². The molecule has 7 nitrogen and oxygen atoms in total. The Hall–Kier alpha value is -2.58. The summed E-state index contributed by atoms with van der Waals surface area (Å²) in [5.41, 5.74) is 3.01. The Bertz CT molecular complexity index is 1120. The van der Waals surface area contributed by atoms with E-state index in [2.05, 4.69) is 5.32 Å². The van der Waals surface area contributed by atoms with Crippen LogP contribution in [0.1, 0.15) is 43.4 Å². The first-order chi connectivity index (χ1) is 16.0. The lowest BCUT2D eigenvalue weighted by Crippen LogP contribution is -2.52. The highest BCUT2D eigenvalue weighted by Gasteiger charge is 2.32. The maximum atomic E-state index is 13.6. The summed E-state index contributed by atoms with van der Waals surface area (Å²) in [6.45, 7) is 7.73. The highest BCUT2D eigenvalue weighted by Crippen LogP contribution is 2.24. The number of rotatable bonds is 11. The van der Waals surface area contributed by atoms with Crippen LogP contribution in [0.3, 0.4) is 0 Å². The lowest BCUT2D eigenvalue weighted by atomic mass is 10.1. The summed E-state index contributed by atoms with van der Waals surface area (Å²) in [5, 5.41) is 3.32. The number of amides is 2. The zero-order valence-electron chi connectivity index (χ0n) is 20.5. The summed E-state index contributed by atoms with van der Waals surface area (Å²) in [7, 11) is -3.76. The molecule has 0 spiro atoms. The smallest absolute Gasteiger partial charge is 0.244 e. The number of sulfonamides is 1. The lowest BCUT2D eigenvalue weighted by Gasteiger charge is -2.33. The van der Waals surface area contributed by atoms with Crippen molar-refractivity contribution < 1.29 is 18.0 Å². The predicted octanol–water partition coefficient (Wildman–Crippen LogP) is 4.06. The molecule has 0 radical (unpaired) electrons. The molecule has 0 aromatic heterocycles. The third kappa shape index (κ3) is 7.21. The largest absolute Gasteiger partial charge is 0.354 e. The first kappa shape index (κ1) is 27.7. The molecule has 0 bridgehead atoms. The minimum Gasteiger partial charge on any atom is -0.354 e. The van der Waals surface area contributed by atoms with Crippen LogP contribution in [0.2, 0.25) is 5.02 Å². The summed E-state index contributed by atoms with van der Waals surface area (Å²) in [6, 6.07) is 11.6. The average Bonchev–Trinajstić information content (AvgIpc) is 2.78. The predicted molar refractivity (Wildman–Crippen MR) is 137 cm³/mol. The topological polar surface area (TPSA) is 86.8 Å². The van der Waals surface area contributed by atoms with Crippen molar-refractivity contribution in [1.82, 2.24) is 10.2 Å². The van der Waals surface area contributed by atoms with Gasteiger partial charge in [0.1, 0.15) is 12.6 Å². The van der Waals surface area contributed by atoms with Crippen LogP contribution in [0.25, 0.3) is 0 Å². The minimum atomic E-state index is -3.76. The molecule has 2 amide bonds. The highest BCUT2D eigenvalue weighted by atomic mass is 35.5. The fraction of sp³-hybridized carbons (Fsp3) is 0.440. The summed E-state index contributed by atoms with van der Waals surface area (Å²) < 4.78 is 26.4. The van der Waals surface area contributed by atoms with Crippen LogP contribution < -0.4 is 9.62 Å². The van der Waals surface area contributed by atoms with Crippen molar-refractivity contribution in [3.8, 4) is 0 Å². The number of carbonyl (C=O) groups is 2. The molecule has 0 aliphatic carbocycles. The molecule has 2 aromatic carbocycles. The van der Waals surface area contributed by atoms with Crippen molar-refractivity contribution >= 4 is 39.1 Å². The molecule has 34 heavy (non-hydrogen) atoms. The quantitative estimate of drug-likeness (QED) is 0.497. The second-order valence-electron chi connectivity index (χ2n) is 8.37. The van der Waals surface area contributed by atoms with Crippen molar-refractivity contribution in [3.05, 3.63) is 64.2 Å². The molecule has 2 rings (SSSR count). The second-order valence-corrected chi connectivity index (χ2v) is 10.7. The number of aryl methyl sites for hydroxylation is 2. The van der Waals surface area contributed by atoms with Gasteiger partial charge in [0.25, 0.3) is 0 Å². The van der Waals surface area contributed by atoms with E-state index in [1.807, 2.05) is 33.8 Å². The van der Waals surface area contributed by atoms with Gasteiger partial charge in [-0.3, -0.25) is 13.9 Å². The van der Waals surface area contributed by atoms with E-state index in [9.17, 15) is 18.0 Å². The molecule has 0 unspecified atom stereocenters. The number of halogens is 1. The van der Waals surface area contributed by atoms with Gasteiger partial charge in [-0.05, 0) is 61.6 Å². The molecule has 0 saturated heterocycles. The third-order valence-corrected chi connectivity index (χ3v) is 7.20. The molecule has 1 N–H and O–H groups in total. The number of hydrogen-bond acceptors (Lipinski definition) is 4. The summed E-state index contributed by atoms with van der Waals surface area (Å²) in [5.74, 6) is -0.760. The van der Waals surface area contributed by atoms with Crippen molar-refractivity contribution in [2.24, 2.45) is 0 Å². The number of carbonyl (C=O) groups excluding carboxylic acids is 2. The van der Waals surface area contributed by atoms with Crippen LogP contribution in [0.4, 0.5) is 5.69 Å². The maximum Gasteiger partial charge on any atom is 0.244 e. The van der Waals surface area contributed by atoms with Crippen LogP contribution in [0.5, 0.6) is 0 Å². The van der Waals surface area contributed by atoms with Gasteiger partial charge in [0.2, 0.25) is 21.8 Å². The Kier molecular flexibility index (Phi) is 9.94. The molecular weight excluding hydrogens is 474 g/mol. The second kappa shape index (κ2) is 12.2. The zero-order valence-corrected chi connectivity index (χ0v) is 22.0. The van der Waals surface area contributed by atoms with Crippen LogP contribution >= 0.6 is 11.6 Å². The van der Waals surface area contributed by atoms with Gasteiger partial charge in [-0.25, -0.2) is 8.42 Å². The van der Waals surface area contributed by atoms with Crippen LogP contribution in [-0.2, 0) is 26.2 Å². The molecule has 186 valence electrons. The van der Waals surface area contributed by atoms with Crippen LogP contribution in [-0.4, -0.2) is 50.5 Å². The van der Waals surface area contributed by atoms with E-state index in [0.717, 1.165) is 28.1 Å². The number of benzene rings is 2. The molecule has 0 heterocycles. The van der Waals surface area contributed by atoms with Crippen molar-refractivity contribution in [3.63, 3.8) is 0 Å². The molecule has 0 saturated carbocycles. The number of anilines is 1. The van der Waals surface area contributed by atoms with Gasteiger partial charge in [0.15, 0.2) is 0 Å². The zero-order chi connectivity index (χ0) is 25.5. The molecule has 9 heteroatoms. The fourth-order valence-electron chi connectivity index (χ4n) is 3.59. The van der Waals surface area contributed by atoms with E-state index < -0.39 is 28.5 Å². The minimum absolute atomic E-state index is 0.0844. The Morgan fingerprint density at radius 1 is 1.06 bits per heavy atom. The number of nitrogens with one attached hydrogen (secondary N) is 1. The fourth-order valence-corrected chi connectivity index (χ4v) is 4.63.